The van der Waals surface area contributed by atoms with Crippen molar-refractivity contribution in [1.82, 2.24) is 15.5 Å². The number of amides is 1. The summed E-state index contributed by atoms with van der Waals surface area (Å²) < 4.78 is 26.9. The molecule has 0 spiro atoms. The minimum atomic E-state index is -0.670. The molecule has 0 fully saturated rings. The highest BCUT2D eigenvalue weighted by molar-refractivity contribution is 7.14. The zero-order valence-electron chi connectivity index (χ0n) is 15.0. The van der Waals surface area contributed by atoms with Gasteiger partial charge in [-0.05, 0) is 36.1 Å². The van der Waals surface area contributed by atoms with Crippen molar-refractivity contribution in [3.05, 3.63) is 70.2 Å². The van der Waals surface area contributed by atoms with E-state index in [1.165, 1.54) is 36.0 Å². The summed E-state index contributed by atoms with van der Waals surface area (Å²) in [4.78, 5) is 11.6. The van der Waals surface area contributed by atoms with Gasteiger partial charge in [0.1, 0.15) is 21.6 Å². The Morgan fingerprint density at radius 2 is 1.70 bits per heavy atom. The van der Waals surface area contributed by atoms with Crippen LogP contribution in [0.3, 0.4) is 0 Å². The van der Waals surface area contributed by atoms with Gasteiger partial charge >= 0.3 is 0 Å². The van der Waals surface area contributed by atoms with Gasteiger partial charge in [0, 0.05) is 18.6 Å². The van der Waals surface area contributed by atoms with Crippen molar-refractivity contribution in [3.63, 3.8) is 0 Å². The standard InChI is InChI=1S/C20H19F2N3OS/c1-3-13-4-6-14(7-5-13)8-18(23-12(2)26)20-25-24-19(27-20)15-9-16(21)11-17(22)10-15/h4-7,9-11,18H,3,8H2,1-2H3,(H,23,26). The molecule has 1 unspecified atom stereocenters. The Bertz CT molecular complexity index is 920. The third kappa shape index (κ3) is 4.95. The average Bonchev–Trinajstić information content (AvgIpc) is 3.11. The van der Waals surface area contributed by atoms with Gasteiger partial charge in [0.05, 0.1) is 6.04 Å². The van der Waals surface area contributed by atoms with Crippen LogP contribution < -0.4 is 5.32 Å². The number of carbonyl (C=O) groups excluding carboxylic acids is 1. The number of halogens is 2. The topological polar surface area (TPSA) is 54.9 Å². The molecule has 1 amide bonds. The molecule has 1 atom stereocenters. The number of benzene rings is 2. The van der Waals surface area contributed by atoms with Crippen LogP contribution in [0, 0.1) is 11.6 Å². The fourth-order valence-electron chi connectivity index (χ4n) is 2.76. The first kappa shape index (κ1) is 19.1. The fourth-order valence-corrected chi connectivity index (χ4v) is 3.64. The van der Waals surface area contributed by atoms with Gasteiger partial charge in [0.2, 0.25) is 5.91 Å². The molecule has 0 bridgehead atoms. The summed E-state index contributed by atoms with van der Waals surface area (Å²) in [5.74, 6) is -1.52. The number of hydrogen-bond acceptors (Lipinski definition) is 4. The molecule has 1 N–H and O–H groups in total. The quantitative estimate of drug-likeness (QED) is 0.679. The lowest BCUT2D eigenvalue weighted by atomic mass is 10.0. The van der Waals surface area contributed by atoms with Crippen molar-refractivity contribution >= 4 is 17.2 Å². The lowest BCUT2D eigenvalue weighted by molar-refractivity contribution is -0.119. The van der Waals surface area contributed by atoms with Gasteiger partial charge in [-0.2, -0.15) is 0 Å². The largest absolute Gasteiger partial charge is 0.347 e. The number of aromatic nitrogens is 2. The fraction of sp³-hybridized carbons (Fsp3) is 0.250. The zero-order chi connectivity index (χ0) is 19.4. The van der Waals surface area contributed by atoms with E-state index in [9.17, 15) is 13.6 Å². The van der Waals surface area contributed by atoms with Crippen molar-refractivity contribution in [2.75, 3.05) is 0 Å². The molecule has 140 valence electrons. The van der Waals surface area contributed by atoms with E-state index >= 15 is 0 Å². The van der Waals surface area contributed by atoms with Crippen LogP contribution in [-0.4, -0.2) is 16.1 Å². The van der Waals surface area contributed by atoms with Gasteiger partial charge < -0.3 is 5.32 Å². The highest BCUT2D eigenvalue weighted by atomic mass is 32.1. The summed E-state index contributed by atoms with van der Waals surface area (Å²) in [6.45, 7) is 3.53. The molecule has 0 saturated carbocycles. The summed E-state index contributed by atoms with van der Waals surface area (Å²) >= 11 is 1.21. The normalized spacial score (nSPS) is 12.0. The number of nitrogens with zero attached hydrogens (tertiary/aromatic N) is 2. The Kier molecular flexibility index (Phi) is 5.91. The van der Waals surface area contributed by atoms with Crippen molar-refractivity contribution in [2.24, 2.45) is 0 Å². The molecule has 0 aliphatic rings. The van der Waals surface area contributed by atoms with E-state index < -0.39 is 11.6 Å². The minimum absolute atomic E-state index is 0.182. The van der Waals surface area contributed by atoms with Gasteiger partial charge in [-0.15, -0.1) is 10.2 Å². The van der Waals surface area contributed by atoms with E-state index in [-0.39, 0.29) is 11.9 Å². The lowest BCUT2D eigenvalue weighted by Crippen LogP contribution is -2.27. The molecule has 3 rings (SSSR count). The van der Waals surface area contributed by atoms with Crippen molar-refractivity contribution < 1.29 is 13.6 Å². The van der Waals surface area contributed by atoms with E-state index in [1.54, 1.807) is 0 Å². The average molecular weight is 387 g/mol. The summed E-state index contributed by atoms with van der Waals surface area (Å²) in [7, 11) is 0. The highest BCUT2D eigenvalue weighted by Gasteiger charge is 2.19. The predicted molar refractivity (Wildman–Crippen MR) is 101 cm³/mol. The zero-order valence-corrected chi connectivity index (χ0v) is 15.8. The van der Waals surface area contributed by atoms with Crippen LogP contribution in [0.2, 0.25) is 0 Å². The van der Waals surface area contributed by atoms with Gasteiger partial charge in [0.15, 0.2) is 0 Å². The Morgan fingerprint density at radius 1 is 1.07 bits per heavy atom. The summed E-state index contributed by atoms with van der Waals surface area (Å²) in [6, 6.07) is 11.0. The van der Waals surface area contributed by atoms with Gasteiger partial charge in [-0.25, -0.2) is 8.78 Å². The molecule has 7 heteroatoms. The lowest BCUT2D eigenvalue weighted by Gasteiger charge is -2.15. The Balaban J connectivity index is 1.86. The molecule has 1 heterocycles. The Labute approximate surface area is 160 Å². The third-order valence-corrected chi connectivity index (χ3v) is 5.18. The SMILES string of the molecule is CCc1ccc(CC(NC(C)=O)c2nnc(-c3cc(F)cc(F)c3)s2)cc1. The van der Waals surface area contributed by atoms with E-state index in [0.29, 0.717) is 22.0 Å². The molecule has 27 heavy (non-hydrogen) atoms. The second-order valence-electron chi connectivity index (χ2n) is 6.23. The van der Waals surface area contributed by atoms with Crippen molar-refractivity contribution in [1.29, 1.82) is 0 Å². The molecule has 2 aromatic carbocycles. The molecule has 1 aromatic heterocycles. The highest BCUT2D eigenvalue weighted by Crippen LogP contribution is 2.29. The first-order valence-corrected chi connectivity index (χ1v) is 9.41. The van der Waals surface area contributed by atoms with Crippen LogP contribution >= 0.6 is 11.3 Å². The first-order chi connectivity index (χ1) is 12.9. The van der Waals surface area contributed by atoms with E-state index in [1.807, 2.05) is 12.1 Å². The maximum Gasteiger partial charge on any atom is 0.217 e. The molecule has 3 aromatic rings. The van der Waals surface area contributed by atoms with Crippen LogP contribution in [0.25, 0.3) is 10.6 Å². The summed E-state index contributed by atoms with van der Waals surface area (Å²) in [5.41, 5.74) is 2.62. The molecule has 0 aliphatic heterocycles. The van der Waals surface area contributed by atoms with E-state index in [2.05, 4.69) is 34.6 Å². The van der Waals surface area contributed by atoms with Crippen LogP contribution in [0.4, 0.5) is 8.78 Å². The maximum absolute atomic E-state index is 13.5. The number of aryl methyl sites for hydroxylation is 1. The third-order valence-electron chi connectivity index (χ3n) is 4.10. The second-order valence-corrected chi connectivity index (χ2v) is 7.24. The molecular formula is C20H19F2N3OS. The van der Waals surface area contributed by atoms with Crippen LogP contribution in [0.5, 0.6) is 0 Å². The van der Waals surface area contributed by atoms with Gasteiger partial charge in [-0.3, -0.25) is 4.79 Å². The van der Waals surface area contributed by atoms with E-state index in [0.717, 1.165) is 18.1 Å². The van der Waals surface area contributed by atoms with Crippen LogP contribution in [0.15, 0.2) is 42.5 Å². The molecule has 0 radical (unpaired) electrons. The van der Waals surface area contributed by atoms with Crippen LogP contribution in [0.1, 0.15) is 36.0 Å². The number of carbonyl (C=O) groups is 1. The molecule has 0 saturated heterocycles. The van der Waals surface area contributed by atoms with Crippen LogP contribution in [-0.2, 0) is 17.6 Å². The van der Waals surface area contributed by atoms with Gasteiger partial charge in [-0.1, -0.05) is 42.5 Å². The maximum atomic E-state index is 13.5. The smallest absolute Gasteiger partial charge is 0.217 e. The first-order valence-electron chi connectivity index (χ1n) is 8.59. The number of rotatable bonds is 6. The Hall–Kier alpha value is -2.67. The molecular weight excluding hydrogens is 368 g/mol. The van der Waals surface area contributed by atoms with E-state index in [4.69, 9.17) is 0 Å². The summed E-state index contributed by atoms with van der Waals surface area (Å²) in [5, 5.41) is 12.1. The van der Waals surface area contributed by atoms with Gasteiger partial charge in [0.25, 0.3) is 0 Å². The minimum Gasteiger partial charge on any atom is -0.347 e. The van der Waals surface area contributed by atoms with Crippen molar-refractivity contribution in [2.45, 2.75) is 32.7 Å². The molecule has 4 nitrogen and oxygen atoms in total. The number of hydrogen-bond donors (Lipinski definition) is 1. The Morgan fingerprint density at radius 3 is 2.30 bits per heavy atom. The molecule has 0 aliphatic carbocycles. The second kappa shape index (κ2) is 8.35. The number of nitrogens with one attached hydrogen (secondary N) is 1. The summed E-state index contributed by atoms with van der Waals surface area (Å²) in [6.07, 6.45) is 1.51. The van der Waals surface area contributed by atoms with Crippen molar-refractivity contribution in [3.8, 4) is 10.6 Å². The predicted octanol–water partition coefficient (Wildman–Crippen LogP) is 4.47. The monoisotopic (exact) mass is 387 g/mol.